The summed E-state index contributed by atoms with van der Waals surface area (Å²) in [5, 5.41) is 18.6. The minimum Gasteiger partial charge on any atom is -0.391 e. The van der Waals surface area contributed by atoms with E-state index in [0.717, 1.165) is 37.5 Å². The summed E-state index contributed by atoms with van der Waals surface area (Å²) < 4.78 is 11.5. The molecule has 2 atom stereocenters. The fraction of sp³-hybridized carbons (Fsp3) is 1.00. The third-order valence-corrected chi connectivity index (χ3v) is 5.40. The zero-order valence-corrected chi connectivity index (χ0v) is 15.0. The Hall–Kier alpha value is -0.160. The number of aliphatic hydroxyl groups is 2. The number of aliphatic hydroxyl groups excluding tert-OH is 2. The molecule has 0 bridgehead atoms. The largest absolute Gasteiger partial charge is 0.391 e. The molecule has 0 aromatic rings. The Kier molecular flexibility index (Phi) is 8.31. The molecule has 2 saturated carbocycles. The van der Waals surface area contributed by atoms with E-state index in [2.05, 4.69) is 0 Å². The van der Waals surface area contributed by atoms with Crippen molar-refractivity contribution in [2.45, 2.75) is 96.1 Å². The van der Waals surface area contributed by atoms with Gasteiger partial charge in [0.05, 0.1) is 37.6 Å². The number of hydrogen-bond acceptors (Lipinski definition) is 4. The zero-order valence-electron chi connectivity index (χ0n) is 15.0. The van der Waals surface area contributed by atoms with Gasteiger partial charge in [-0.05, 0) is 83.5 Å². The Morgan fingerprint density at radius 3 is 1.35 bits per heavy atom. The molecule has 0 amide bonds. The molecule has 2 rings (SSSR count). The second-order valence-corrected chi connectivity index (χ2v) is 7.89. The average Bonchev–Trinajstić information content (AvgIpc) is 2.53. The second kappa shape index (κ2) is 9.97. The van der Waals surface area contributed by atoms with Crippen LogP contribution in [-0.4, -0.2) is 47.8 Å². The highest BCUT2D eigenvalue weighted by atomic mass is 16.5. The van der Waals surface area contributed by atoms with Crippen LogP contribution >= 0.6 is 0 Å². The molecule has 0 aliphatic heterocycles. The van der Waals surface area contributed by atoms with Crippen molar-refractivity contribution in [3.63, 3.8) is 0 Å². The van der Waals surface area contributed by atoms with Crippen LogP contribution in [0.15, 0.2) is 0 Å². The van der Waals surface area contributed by atoms with Gasteiger partial charge in [-0.2, -0.15) is 0 Å². The van der Waals surface area contributed by atoms with E-state index in [4.69, 9.17) is 9.47 Å². The summed E-state index contributed by atoms with van der Waals surface area (Å²) >= 11 is 0. The number of rotatable bonds is 8. The van der Waals surface area contributed by atoms with E-state index >= 15 is 0 Å². The first-order valence-electron chi connectivity index (χ1n) is 9.62. The first-order valence-corrected chi connectivity index (χ1v) is 9.62. The van der Waals surface area contributed by atoms with Gasteiger partial charge >= 0.3 is 0 Å². The molecule has 2 unspecified atom stereocenters. The molecule has 0 heterocycles. The van der Waals surface area contributed by atoms with Gasteiger partial charge in [0, 0.05) is 0 Å². The van der Waals surface area contributed by atoms with E-state index in [1.807, 2.05) is 0 Å². The lowest BCUT2D eigenvalue weighted by Gasteiger charge is -2.34. The molecule has 2 fully saturated rings. The molecule has 0 saturated heterocycles. The maximum Gasteiger partial charge on any atom is 0.0745 e. The summed E-state index contributed by atoms with van der Waals surface area (Å²) in [6.07, 6.45) is 11.2. The first-order chi connectivity index (χ1) is 11.0. The van der Waals surface area contributed by atoms with Gasteiger partial charge in [-0.25, -0.2) is 0 Å². The van der Waals surface area contributed by atoms with Gasteiger partial charge in [0.15, 0.2) is 0 Å². The van der Waals surface area contributed by atoms with E-state index in [1.165, 1.54) is 32.1 Å². The molecule has 4 heteroatoms. The smallest absolute Gasteiger partial charge is 0.0745 e. The standard InChI is InChI=1S/C19H36O4/c1-14(20)12-22-18-7-3-16(4-8-18)11-17-5-9-19(10-6-17)23-13-15(2)21/h14-21H,3-13H2,1-2H3. The number of ether oxygens (including phenoxy) is 2. The van der Waals surface area contributed by atoms with Gasteiger partial charge in [0.25, 0.3) is 0 Å². The molecule has 2 aliphatic rings. The molecule has 0 spiro atoms. The van der Waals surface area contributed by atoms with Crippen LogP contribution in [0.25, 0.3) is 0 Å². The molecule has 2 N–H and O–H groups in total. The van der Waals surface area contributed by atoms with Crippen molar-refractivity contribution in [2.24, 2.45) is 11.8 Å². The van der Waals surface area contributed by atoms with Crippen molar-refractivity contribution >= 4 is 0 Å². The molecular weight excluding hydrogens is 292 g/mol. The topological polar surface area (TPSA) is 58.9 Å². The van der Waals surface area contributed by atoms with E-state index in [-0.39, 0.29) is 12.2 Å². The average molecular weight is 328 g/mol. The minimum atomic E-state index is -0.348. The summed E-state index contributed by atoms with van der Waals surface area (Å²) in [5.41, 5.74) is 0. The Labute approximate surface area is 141 Å². The molecule has 136 valence electrons. The van der Waals surface area contributed by atoms with E-state index in [9.17, 15) is 10.2 Å². The molecule has 23 heavy (non-hydrogen) atoms. The van der Waals surface area contributed by atoms with Crippen molar-refractivity contribution in [3.8, 4) is 0 Å². The first kappa shape index (κ1) is 19.2. The normalized spacial score (nSPS) is 35.0. The lowest BCUT2D eigenvalue weighted by atomic mass is 9.76. The van der Waals surface area contributed by atoms with Gasteiger partial charge in [-0.1, -0.05) is 0 Å². The van der Waals surface area contributed by atoms with Crippen LogP contribution in [0.4, 0.5) is 0 Å². The minimum absolute atomic E-state index is 0.348. The lowest BCUT2D eigenvalue weighted by molar-refractivity contribution is -0.0323. The zero-order chi connectivity index (χ0) is 16.7. The predicted molar refractivity (Wildman–Crippen MR) is 91.4 cm³/mol. The highest BCUT2D eigenvalue weighted by Gasteiger charge is 2.27. The van der Waals surface area contributed by atoms with Crippen LogP contribution in [0.2, 0.25) is 0 Å². The molecule has 2 aliphatic carbocycles. The lowest BCUT2D eigenvalue weighted by Crippen LogP contribution is -2.28. The van der Waals surface area contributed by atoms with E-state index in [0.29, 0.717) is 25.4 Å². The monoisotopic (exact) mass is 328 g/mol. The molecule has 0 aromatic heterocycles. The van der Waals surface area contributed by atoms with Crippen LogP contribution in [0.1, 0.15) is 71.6 Å². The quantitative estimate of drug-likeness (QED) is 0.718. The molecule has 0 aromatic carbocycles. The maximum absolute atomic E-state index is 9.29. The van der Waals surface area contributed by atoms with Gasteiger partial charge in [0.2, 0.25) is 0 Å². The second-order valence-electron chi connectivity index (χ2n) is 7.89. The van der Waals surface area contributed by atoms with Gasteiger partial charge in [0.1, 0.15) is 0 Å². The third-order valence-electron chi connectivity index (χ3n) is 5.40. The third kappa shape index (κ3) is 7.51. The SMILES string of the molecule is CC(O)COC1CCC(CC2CCC(OCC(C)O)CC2)CC1. The molecule has 4 nitrogen and oxygen atoms in total. The van der Waals surface area contributed by atoms with Crippen molar-refractivity contribution in [1.82, 2.24) is 0 Å². The van der Waals surface area contributed by atoms with Crippen LogP contribution in [0, 0.1) is 11.8 Å². The Balaban J connectivity index is 1.57. The summed E-state index contributed by atoms with van der Waals surface area (Å²) in [4.78, 5) is 0. The molecular formula is C19H36O4. The van der Waals surface area contributed by atoms with Crippen molar-refractivity contribution in [3.05, 3.63) is 0 Å². The Morgan fingerprint density at radius 1 is 0.696 bits per heavy atom. The van der Waals surface area contributed by atoms with E-state index < -0.39 is 0 Å². The maximum atomic E-state index is 9.29. The summed E-state index contributed by atoms with van der Waals surface area (Å²) in [6, 6.07) is 0. The van der Waals surface area contributed by atoms with Gasteiger partial charge in [-0.3, -0.25) is 0 Å². The Morgan fingerprint density at radius 2 is 1.04 bits per heavy atom. The summed E-state index contributed by atoms with van der Waals surface area (Å²) in [6.45, 7) is 4.53. The predicted octanol–water partition coefficient (Wildman–Crippen LogP) is 3.29. The van der Waals surface area contributed by atoms with Crippen molar-refractivity contribution in [1.29, 1.82) is 0 Å². The van der Waals surface area contributed by atoms with Crippen LogP contribution in [0.3, 0.4) is 0 Å². The van der Waals surface area contributed by atoms with E-state index in [1.54, 1.807) is 13.8 Å². The highest BCUT2D eigenvalue weighted by molar-refractivity contribution is 4.79. The van der Waals surface area contributed by atoms with Crippen LogP contribution in [0.5, 0.6) is 0 Å². The summed E-state index contributed by atoms with van der Waals surface area (Å²) in [7, 11) is 0. The number of hydrogen-bond donors (Lipinski definition) is 2. The van der Waals surface area contributed by atoms with Crippen LogP contribution in [-0.2, 0) is 9.47 Å². The molecule has 0 radical (unpaired) electrons. The summed E-state index contributed by atoms with van der Waals surface area (Å²) in [5.74, 6) is 1.72. The van der Waals surface area contributed by atoms with Gasteiger partial charge in [-0.15, -0.1) is 0 Å². The fourth-order valence-corrected chi connectivity index (χ4v) is 4.09. The fourth-order valence-electron chi connectivity index (χ4n) is 4.09. The van der Waals surface area contributed by atoms with Crippen molar-refractivity contribution in [2.75, 3.05) is 13.2 Å². The van der Waals surface area contributed by atoms with Crippen LogP contribution < -0.4 is 0 Å². The Bertz CT molecular complexity index is 272. The van der Waals surface area contributed by atoms with Crippen molar-refractivity contribution < 1.29 is 19.7 Å². The van der Waals surface area contributed by atoms with Gasteiger partial charge < -0.3 is 19.7 Å². The highest BCUT2D eigenvalue weighted by Crippen LogP contribution is 2.36.